The molecule has 184 valence electrons. The van der Waals surface area contributed by atoms with Gasteiger partial charge in [0.25, 0.3) is 0 Å². The second-order valence-corrected chi connectivity index (χ2v) is 10.0. The van der Waals surface area contributed by atoms with Crippen LogP contribution < -0.4 is 11.5 Å². The largest absolute Gasteiger partial charge is 0.387 e. The zero-order chi connectivity index (χ0) is 24.4. The fourth-order valence-corrected chi connectivity index (χ4v) is 3.96. The molecule has 0 saturated carbocycles. The van der Waals surface area contributed by atoms with Crippen LogP contribution in [-0.4, -0.2) is 63.9 Å². The molecule has 0 unspecified atom stereocenters. The number of aliphatic imine (C=N–C) groups is 1. The van der Waals surface area contributed by atoms with E-state index < -0.39 is 0 Å². The lowest BCUT2D eigenvalue weighted by Crippen LogP contribution is -2.36. The molecule has 2 rings (SSSR count). The number of amidine groups is 1. The highest BCUT2D eigenvalue weighted by atomic mass is 16.3. The first-order chi connectivity index (χ1) is 15.6. The zero-order valence-corrected chi connectivity index (χ0v) is 20.8. The van der Waals surface area contributed by atoms with E-state index >= 15 is 0 Å². The van der Waals surface area contributed by atoms with Gasteiger partial charge in [0, 0.05) is 48.4 Å². The van der Waals surface area contributed by atoms with Gasteiger partial charge in [-0.05, 0) is 36.6 Å². The summed E-state index contributed by atoms with van der Waals surface area (Å²) < 4.78 is 2.99. The summed E-state index contributed by atoms with van der Waals surface area (Å²) in [4.78, 5) is 31.9. The summed E-state index contributed by atoms with van der Waals surface area (Å²) in [6.07, 6.45) is 8.35. The van der Waals surface area contributed by atoms with Gasteiger partial charge in [-0.3, -0.25) is 9.48 Å². The van der Waals surface area contributed by atoms with Crippen LogP contribution in [0.25, 0.3) is 6.08 Å². The molecule has 0 saturated heterocycles. The predicted octanol–water partition coefficient (Wildman–Crippen LogP) is 3.24. The van der Waals surface area contributed by atoms with Crippen LogP contribution in [-0.2, 0) is 11.3 Å². The van der Waals surface area contributed by atoms with E-state index in [1.807, 2.05) is 43.4 Å². The average Bonchev–Trinajstić information content (AvgIpc) is 3.00. The quantitative estimate of drug-likeness (QED) is 0.345. The molecule has 9 heteroatoms. The molecule has 0 bridgehead atoms. The van der Waals surface area contributed by atoms with Crippen molar-refractivity contribution in [3.05, 3.63) is 22.4 Å². The number of carbonyl (C=O) groups is 1. The minimum Gasteiger partial charge on any atom is -0.387 e. The fraction of sp³-hybridized carbons (Fsp3) is 0.708. The molecule has 0 spiro atoms. The first kappa shape index (κ1) is 26.7. The smallest absolute Gasteiger partial charge is 0.250 e. The highest BCUT2D eigenvalue weighted by Crippen LogP contribution is 2.27. The Morgan fingerprint density at radius 2 is 1.97 bits per heavy atom. The van der Waals surface area contributed by atoms with Gasteiger partial charge in [0.2, 0.25) is 5.91 Å². The van der Waals surface area contributed by atoms with Crippen molar-refractivity contribution in [2.75, 3.05) is 32.7 Å². The Labute approximate surface area is 197 Å². The van der Waals surface area contributed by atoms with Crippen molar-refractivity contribution in [3.63, 3.8) is 0 Å². The first-order valence-corrected chi connectivity index (χ1v) is 12.2. The summed E-state index contributed by atoms with van der Waals surface area (Å²) in [7, 11) is 0. The molecule has 4 N–H and O–H groups in total. The Balaban J connectivity index is 2.12. The second kappa shape index (κ2) is 12.6. The Bertz CT molecular complexity index is 865. The van der Waals surface area contributed by atoms with Crippen LogP contribution >= 0.6 is 0 Å². The van der Waals surface area contributed by atoms with Gasteiger partial charge in [-0.15, -0.1) is 0 Å². The van der Waals surface area contributed by atoms with Gasteiger partial charge < -0.3 is 16.4 Å². The Morgan fingerprint density at radius 1 is 1.21 bits per heavy atom. The number of nitrogens with zero attached hydrogens (tertiary/aromatic N) is 5. The molecular formula is C24H42N7O2+. The molecule has 1 aromatic heterocycles. The van der Waals surface area contributed by atoms with E-state index in [2.05, 4.69) is 10.1 Å². The number of carbonyl (C=O) groups excluding carboxylic acids is 1. The molecule has 0 aromatic carbocycles. The first-order valence-electron chi connectivity index (χ1n) is 12.2. The molecule has 2 heterocycles. The number of hydrogen-bond donors (Lipinski definition) is 2. The molecule has 0 radical (unpaired) electrons. The number of hydrogen-bond acceptors (Lipinski definition) is 6. The minimum absolute atomic E-state index is 0.0479. The van der Waals surface area contributed by atoms with Gasteiger partial charge >= 0.3 is 0 Å². The summed E-state index contributed by atoms with van der Waals surface area (Å²) in [6, 6.07) is 0. The molecule has 1 amide bonds. The van der Waals surface area contributed by atoms with Crippen LogP contribution in [0.5, 0.6) is 0 Å². The van der Waals surface area contributed by atoms with Gasteiger partial charge in [-0.1, -0.05) is 34.1 Å². The molecule has 0 atom stereocenters. The van der Waals surface area contributed by atoms with E-state index in [4.69, 9.17) is 11.5 Å². The van der Waals surface area contributed by atoms with Gasteiger partial charge in [0.15, 0.2) is 13.1 Å². The van der Waals surface area contributed by atoms with Crippen molar-refractivity contribution in [2.24, 2.45) is 21.9 Å². The fourth-order valence-electron chi connectivity index (χ4n) is 3.96. The minimum atomic E-state index is -0.0491. The van der Waals surface area contributed by atoms with Gasteiger partial charge in [0.1, 0.15) is 11.5 Å². The van der Waals surface area contributed by atoms with Gasteiger partial charge in [-0.25, -0.2) is 4.99 Å². The summed E-state index contributed by atoms with van der Waals surface area (Å²) in [6.45, 7) is 11.7. The molecule has 1 aliphatic heterocycles. The lowest BCUT2D eigenvalue weighted by molar-refractivity contribution is -0.561. The number of nitrogens with two attached hydrogens (primary N) is 2. The van der Waals surface area contributed by atoms with E-state index in [1.165, 1.54) is 0 Å². The highest BCUT2D eigenvalue weighted by molar-refractivity contribution is 6.05. The standard InChI is InChI=1S/C24H41N7O2/c1-5-11-29(12-9-13-30(33)18-24(2,3)4)23(32)19-15-21-20(28-22(26)16-19)17-27-31(21)14-8-6-7-10-25/h15,17H,5-14,16,18,25H2,1-4H3,(H-,26,28,32)/p+1. The van der Waals surface area contributed by atoms with Crippen LogP contribution in [0, 0.1) is 10.3 Å². The molecular weight excluding hydrogens is 418 g/mol. The molecule has 1 aromatic rings. The molecule has 1 aliphatic rings. The second-order valence-electron chi connectivity index (χ2n) is 10.0. The third kappa shape index (κ3) is 8.72. The highest BCUT2D eigenvalue weighted by Gasteiger charge is 2.25. The number of unbranched alkanes of at least 4 members (excludes halogenated alkanes) is 2. The van der Waals surface area contributed by atoms with Crippen molar-refractivity contribution in [1.29, 1.82) is 0 Å². The molecule has 0 aliphatic carbocycles. The lowest BCUT2D eigenvalue weighted by Gasteiger charge is -2.23. The average molecular weight is 461 g/mol. The van der Waals surface area contributed by atoms with E-state index in [1.54, 1.807) is 6.20 Å². The number of nitroso groups, excluding NO2 is 1. The van der Waals surface area contributed by atoms with Crippen LogP contribution in [0.2, 0.25) is 0 Å². The third-order valence-electron chi connectivity index (χ3n) is 5.42. The van der Waals surface area contributed by atoms with Crippen LogP contribution in [0.1, 0.15) is 71.9 Å². The normalized spacial score (nSPS) is 13.7. The van der Waals surface area contributed by atoms with Crippen molar-refractivity contribution in [2.45, 2.75) is 72.8 Å². The summed E-state index contributed by atoms with van der Waals surface area (Å²) in [5.74, 6) is 0.357. The van der Waals surface area contributed by atoms with Crippen LogP contribution in [0.15, 0.2) is 16.8 Å². The maximum atomic E-state index is 13.4. The summed E-state index contributed by atoms with van der Waals surface area (Å²) in [5.41, 5.74) is 13.8. The monoisotopic (exact) mass is 460 g/mol. The van der Waals surface area contributed by atoms with Gasteiger partial charge in [-0.2, -0.15) is 5.10 Å². The maximum Gasteiger partial charge on any atom is 0.250 e. The molecule has 0 fully saturated rings. The Morgan fingerprint density at radius 3 is 2.64 bits per heavy atom. The van der Waals surface area contributed by atoms with Crippen molar-refractivity contribution < 1.29 is 9.55 Å². The van der Waals surface area contributed by atoms with Crippen molar-refractivity contribution in [1.82, 2.24) is 14.7 Å². The topological polar surface area (TPSA) is 123 Å². The molecule has 9 nitrogen and oxygen atoms in total. The summed E-state index contributed by atoms with van der Waals surface area (Å²) >= 11 is 0. The number of aryl methyl sites for hydroxylation is 1. The maximum absolute atomic E-state index is 13.4. The van der Waals surface area contributed by atoms with E-state index in [0.29, 0.717) is 62.7 Å². The number of aromatic nitrogens is 2. The molecule has 33 heavy (non-hydrogen) atoms. The Kier molecular flexibility index (Phi) is 10.2. The predicted molar refractivity (Wildman–Crippen MR) is 133 cm³/mol. The SMILES string of the molecule is CCCN(CCC[N+](=O)CC(C)(C)C)C(=O)C1=Cc2c(cnn2CCCCCN)N=C(N)C1. The number of rotatable bonds is 13. The number of amides is 1. The summed E-state index contributed by atoms with van der Waals surface area (Å²) in [5, 5.41) is 4.46. The van der Waals surface area contributed by atoms with E-state index in [0.717, 1.165) is 42.7 Å². The Hall–Kier alpha value is -2.55. The van der Waals surface area contributed by atoms with Crippen LogP contribution in [0.3, 0.4) is 0 Å². The zero-order valence-electron chi connectivity index (χ0n) is 20.8. The van der Waals surface area contributed by atoms with Gasteiger partial charge in [0.05, 0.1) is 11.9 Å². The third-order valence-corrected chi connectivity index (χ3v) is 5.42. The number of fused-ring (bicyclic) bond motifs is 1. The van der Waals surface area contributed by atoms with Crippen LogP contribution in [0.4, 0.5) is 5.69 Å². The van der Waals surface area contributed by atoms with Crippen molar-refractivity contribution >= 4 is 23.5 Å². The lowest BCUT2D eigenvalue weighted by atomic mass is 9.97. The van der Waals surface area contributed by atoms with Crippen molar-refractivity contribution in [3.8, 4) is 0 Å². The van der Waals surface area contributed by atoms with E-state index in [9.17, 15) is 9.70 Å². The van der Waals surface area contributed by atoms with E-state index in [-0.39, 0.29) is 11.3 Å².